The molecule has 1 aliphatic heterocycles. The Morgan fingerprint density at radius 1 is 1.56 bits per heavy atom. The van der Waals surface area contributed by atoms with Crippen LogP contribution in [0.5, 0.6) is 0 Å². The Hall–Kier alpha value is -0.420. The van der Waals surface area contributed by atoms with E-state index in [1.807, 2.05) is 0 Å². The molecule has 0 aliphatic carbocycles. The van der Waals surface area contributed by atoms with E-state index in [0.717, 1.165) is 19.6 Å². The van der Waals surface area contributed by atoms with Crippen molar-refractivity contribution in [3.05, 3.63) is 22.4 Å². The van der Waals surface area contributed by atoms with Crippen LogP contribution in [-0.4, -0.2) is 54.2 Å². The van der Waals surface area contributed by atoms with Crippen molar-refractivity contribution in [3.63, 3.8) is 0 Å². The van der Waals surface area contributed by atoms with E-state index < -0.39 is 0 Å². The summed E-state index contributed by atoms with van der Waals surface area (Å²) in [6.45, 7) is 5.68. The van der Waals surface area contributed by atoms with Gasteiger partial charge in [-0.25, -0.2) is 0 Å². The van der Waals surface area contributed by atoms with Crippen LogP contribution in [0.15, 0.2) is 17.5 Å². The third-order valence-electron chi connectivity index (χ3n) is 3.33. The van der Waals surface area contributed by atoms with E-state index in [1.165, 1.54) is 4.88 Å². The summed E-state index contributed by atoms with van der Waals surface area (Å²) in [5.41, 5.74) is 0. The first-order valence-electron chi connectivity index (χ1n) is 5.81. The van der Waals surface area contributed by atoms with Crippen LogP contribution >= 0.6 is 11.3 Å². The zero-order valence-electron chi connectivity index (χ0n) is 9.97. The number of rotatable bonds is 3. The molecule has 90 valence electrons. The highest BCUT2D eigenvalue weighted by atomic mass is 32.1. The van der Waals surface area contributed by atoms with Gasteiger partial charge in [0.2, 0.25) is 0 Å². The minimum absolute atomic E-state index is 0.184. The summed E-state index contributed by atoms with van der Waals surface area (Å²) >= 11 is 1.74. The standard InChI is InChI=1S/C12H20N2OS/c1-10-8-13(2)5-6-14(10)11(9-15)12-4-3-7-16-12/h3-4,7,10-11,15H,5-6,8-9H2,1-2H3. The van der Waals surface area contributed by atoms with Crippen LogP contribution in [0.1, 0.15) is 17.8 Å². The zero-order valence-corrected chi connectivity index (χ0v) is 10.8. The number of hydrogen-bond acceptors (Lipinski definition) is 4. The largest absolute Gasteiger partial charge is 0.394 e. The Bertz CT molecular complexity index is 315. The highest BCUT2D eigenvalue weighted by Gasteiger charge is 2.28. The average molecular weight is 240 g/mol. The smallest absolute Gasteiger partial charge is 0.0677 e. The fraction of sp³-hybridized carbons (Fsp3) is 0.667. The Kier molecular flexibility index (Phi) is 3.97. The summed E-state index contributed by atoms with van der Waals surface area (Å²) in [5, 5.41) is 11.7. The van der Waals surface area contributed by atoms with Gasteiger partial charge in [-0.1, -0.05) is 6.07 Å². The lowest BCUT2D eigenvalue weighted by Crippen LogP contribution is -2.52. The van der Waals surface area contributed by atoms with E-state index in [-0.39, 0.29) is 12.6 Å². The number of piperazine rings is 1. The Morgan fingerprint density at radius 3 is 2.94 bits per heavy atom. The molecule has 1 aromatic heterocycles. The first kappa shape index (κ1) is 12.0. The lowest BCUT2D eigenvalue weighted by atomic mass is 10.1. The summed E-state index contributed by atoms with van der Waals surface area (Å²) in [6, 6.07) is 4.88. The van der Waals surface area contributed by atoms with Gasteiger partial charge in [-0.3, -0.25) is 4.90 Å². The van der Waals surface area contributed by atoms with Crippen LogP contribution < -0.4 is 0 Å². The van der Waals surface area contributed by atoms with Crippen LogP contribution in [0.4, 0.5) is 0 Å². The molecule has 0 radical (unpaired) electrons. The van der Waals surface area contributed by atoms with Crippen molar-refractivity contribution in [2.24, 2.45) is 0 Å². The summed E-state index contributed by atoms with van der Waals surface area (Å²) < 4.78 is 0. The molecule has 1 fully saturated rings. The van der Waals surface area contributed by atoms with Gasteiger partial charge in [0.1, 0.15) is 0 Å². The predicted molar refractivity (Wildman–Crippen MR) is 67.8 cm³/mol. The number of aliphatic hydroxyl groups is 1. The molecule has 2 rings (SSSR count). The molecule has 4 heteroatoms. The van der Waals surface area contributed by atoms with Gasteiger partial charge in [0.15, 0.2) is 0 Å². The topological polar surface area (TPSA) is 26.7 Å². The molecule has 2 unspecified atom stereocenters. The molecular weight excluding hydrogens is 220 g/mol. The Labute approximate surface area is 101 Å². The molecule has 0 bridgehead atoms. The molecule has 0 aromatic carbocycles. The minimum atomic E-state index is 0.184. The second-order valence-electron chi connectivity index (χ2n) is 4.56. The molecule has 0 amide bonds. The third-order valence-corrected chi connectivity index (χ3v) is 4.30. The molecule has 1 saturated heterocycles. The Balaban J connectivity index is 2.10. The van der Waals surface area contributed by atoms with Crippen molar-refractivity contribution in [2.45, 2.75) is 19.0 Å². The number of hydrogen-bond donors (Lipinski definition) is 1. The van der Waals surface area contributed by atoms with Gasteiger partial charge >= 0.3 is 0 Å². The molecule has 1 aromatic rings. The number of likely N-dealkylation sites (N-methyl/N-ethyl adjacent to an activating group) is 1. The van der Waals surface area contributed by atoms with E-state index in [4.69, 9.17) is 0 Å². The molecular formula is C12H20N2OS. The van der Waals surface area contributed by atoms with Gasteiger partial charge in [-0.2, -0.15) is 0 Å². The molecule has 0 spiro atoms. The van der Waals surface area contributed by atoms with Crippen molar-refractivity contribution < 1.29 is 5.11 Å². The van der Waals surface area contributed by atoms with E-state index >= 15 is 0 Å². The Morgan fingerprint density at radius 2 is 2.38 bits per heavy atom. The highest BCUT2D eigenvalue weighted by Crippen LogP contribution is 2.27. The molecule has 16 heavy (non-hydrogen) atoms. The van der Waals surface area contributed by atoms with Crippen molar-refractivity contribution in [1.82, 2.24) is 9.80 Å². The highest BCUT2D eigenvalue weighted by molar-refractivity contribution is 7.10. The van der Waals surface area contributed by atoms with Crippen molar-refractivity contribution in [3.8, 4) is 0 Å². The number of thiophene rings is 1. The summed E-state index contributed by atoms with van der Waals surface area (Å²) in [6.07, 6.45) is 0. The molecule has 1 N–H and O–H groups in total. The van der Waals surface area contributed by atoms with Gasteiger partial charge in [0.05, 0.1) is 12.6 Å². The van der Waals surface area contributed by atoms with E-state index in [9.17, 15) is 5.11 Å². The summed E-state index contributed by atoms with van der Waals surface area (Å²) in [4.78, 5) is 6.05. The lowest BCUT2D eigenvalue weighted by Gasteiger charge is -2.42. The fourth-order valence-electron chi connectivity index (χ4n) is 2.46. The summed E-state index contributed by atoms with van der Waals surface area (Å²) in [7, 11) is 2.16. The number of nitrogens with zero attached hydrogens (tertiary/aromatic N) is 2. The van der Waals surface area contributed by atoms with Crippen molar-refractivity contribution in [1.29, 1.82) is 0 Å². The third kappa shape index (κ3) is 2.46. The molecule has 1 aliphatic rings. The molecule has 2 atom stereocenters. The van der Waals surface area contributed by atoms with Gasteiger partial charge in [-0.05, 0) is 25.4 Å². The summed E-state index contributed by atoms with van der Waals surface area (Å²) in [5.74, 6) is 0. The van der Waals surface area contributed by atoms with E-state index in [1.54, 1.807) is 11.3 Å². The van der Waals surface area contributed by atoms with E-state index in [2.05, 4.69) is 41.3 Å². The van der Waals surface area contributed by atoms with Gasteiger partial charge in [-0.15, -0.1) is 11.3 Å². The van der Waals surface area contributed by atoms with Crippen LogP contribution in [0.25, 0.3) is 0 Å². The monoisotopic (exact) mass is 240 g/mol. The zero-order chi connectivity index (χ0) is 11.5. The SMILES string of the molecule is CC1CN(C)CCN1C(CO)c1cccs1. The van der Waals surface area contributed by atoms with Crippen LogP contribution in [0, 0.1) is 0 Å². The second-order valence-corrected chi connectivity index (χ2v) is 5.54. The maximum atomic E-state index is 9.59. The van der Waals surface area contributed by atoms with Crippen LogP contribution in [0.2, 0.25) is 0 Å². The molecule has 3 nitrogen and oxygen atoms in total. The van der Waals surface area contributed by atoms with Gasteiger partial charge in [0.25, 0.3) is 0 Å². The van der Waals surface area contributed by atoms with Gasteiger partial charge in [0, 0.05) is 30.6 Å². The number of aliphatic hydroxyl groups excluding tert-OH is 1. The van der Waals surface area contributed by atoms with E-state index in [0.29, 0.717) is 6.04 Å². The van der Waals surface area contributed by atoms with Crippen molar-refractivity contribution in [2.75, 3.05) is 33.3 Å². The maximum absolute atomic E-state index is 9.59. The average Bonchev–Trinajstić information content (AvgIpc) is 2.75. The molecule has 2 heterocycles. The van der Waals surface area contributed by atoms with Crippen LogP contribution in [-0.2, 0) is 0 Å². The lowest BCUT2D eigenvalue weighted by molar-refractivity contribution is 0.0356. The quantitative estimate of drug-likeness (QED) is 0.865. The second kappa shape index (κ2) is 5.27. The van der Waals surface area contributed by atoms with Crippen LogP contribution in [0.3, 0.4) is 0 Å². The normalized spacial score (nSPS) is 25.8. The van der Waals surface area contributed by atoms with Crippen molar-refractivity contribution >= 4 is 11.3 Å². The first-order chi connectivity index (χ1) is 7.72. The fourth-order valence-corrected chi connectivity index (χ4v) is 3.29. The maximum Gasteiger partial charge on any atom is 0.0677 e. The van der Waals surface area contributed by atoms with Gasteiger partial charge < -0.3 is 10.0 Å². The molecule has 0 saturated carbocycles. The predicted octanol–water partition coefficient (Wildman–Crippen LogP) is 1.42. The minimum Gasteiger partial charge on any atom is -0.394 e. The first-order valence-corrected chi connectivity index (χ1v) is 6.69.